The van der Waals surface area contributed by atoms with Gasteiger partial charge in [-0.15, -0.1) is 0 Å². The lowest BCUT2D eigenvalue weighted by atomic mass is 10.0. The molecule has 0 saturated heterocycles. The summed E-state index contributed by atoms with van der Waals surface area (Å²) in [5.41, 5.74) is 0.612. The largest absolute Gasteiger partial charge is 0.492 e. The summed E-state index contributed by atoms with van der Waals surface area (Å²) in [5.74, 6) is 0.697. The lowest BCUT2D eigenvalue weighted by Gasteiger charge is -2.11. The van der Waals surface area contributed by atoms with E-state index in [4.69, 9.17) is 4.74 Å². The third-order valence-electron chi connectivity index (χ3n) is 2.46. The van der Waals surface area contributed by atoms with Gasteiger partial charge in [0.2, 0.25) is 0 Å². The first kappa shape index (κ1) is 13.6. The number of hydrogen-bond acceptors (Lipinski definition) is 4. The SMILES string of the molecule is CCNCC(C)C(=O)c1cncc(OCC)c1. The molecule has 0 saturated carbocycles. The van der Waals surface area contributed by atoms with Gasteiger partial charge in [-0.25, -0.2) is 0 Å². The van der Waals surface area contributed by atoms with E-state index in [-0.39, 0.29) is 11.7 Å². The summed E-state index contributed by atoms with van der Waals surface area (Å²) in [6, 6.07) is 1.75. The van der Waals surface area contributed by atoms with E-state index in [2.05, 4.69) is 10.3 Å². The van der Waals surface area contributed by atoms with Gasteiger partial charge < -0.3 is 10.1 Å². The molecule has 1 aromatic rings. The maximum absolute atomic E-state index is 12.1. The van der Waals surface area contributed by atoms with Crippen molar-refractivity contribution >= 4 is 5.78 Å². The number of ether oxygens (including phenoxy) is 1. The Morgan fingerprint density at radius 3 is 2.88 bits per heavy atom. The summed E-state index contributed by atoms with van der Waals surface area (Å²) in [5, 5.41) is 3.17. The highest BCUT2D eigenvalue weighted by Gasteiger charge is 2.15. The Kier molecular flexibility index (Phi) is 5.63. The number of carbonyl (C=O) groups excluding carboxylic acids is 1. The molecule has 4 heteroatoms. The minimum absolute atomic E-state index is 0.0476. The Bertz CT molecular complexity index is 366. The minimum Gasteiger partial charge on any atom is -0.492 e. The molecule has 0 aliphatic carbocycles. The van der Waals surface area contributed by atoms with Crippen LogP contribution in [-0.2, 0) is 0 Å². The zero-order valence-corrected chi connectivity index (χ0v) is 10.7. The van der Waals surface area contributed by atoms with E-state index in [0.717, 1.165) is 6.54 Å². The van der Waals surface area contributed by atoms with Gasteiger partial charge in [-0.2, -0.15) is 0 Å². The molecule has 1 unspecified atom stereocenters. The van der Waals surface area contributed by atoms with Crippen LogP contribution >= 0.6 is 0 Å². The number of Topliss-reactive ketones (excluding diaryl/α,β-unsaturated/α-hetero) is 1. The zero-order valence-electron chi connectivity index (χ0n) is 10.7. The summed E-state index contributed by atoms with van der Waals surface area (Å²) in [6.45, 7) is 7.98. The molecule has 4 nitrogen and oxygen atoms in total. The summed E-state index contributed by atoms with van der Waals surface area (Å²) in [6.07, 6.45) is 3.21. The molecule has 1 aromatic heterocycles. The molecule has 1 atom stereocenters. The highest BCUT2D eigenvalue weighted by molar-refractivity contribution is 5.97. The predicted molar refractivity (Wildman–Crippen MR) is 67.4 cm³/mol. The molecular weight excluding hydrogens is 216 g/mol. The van der Waals surface area contributed by atoms with E-state index < -0.39 is 0 Å². The minimum atomic E-state index is -0.0476. The lowest BCUT2D eigenvalue weighted by Crippen LogP contribution is -2.26. The van der Waals surface area contributed by atoms with Crippen molar-refractivity contribution in [1.29, 1.82) is 0 Å². The summed E-state index contributed by atoms with van der Waals surface area (Å²) < 4.78 is 5.33. The Labute approximate surface area is 102 Å². The molecule has 0 spiro atoms. The maximum Gasteiger partial charge on any atom is 0.168 e. The van der Waals surface area contributed by atoms with Gasteiger partial charge in [0.25, 0.3) is 0 Å². The quantitative estimate of drug-likeness (QED) is 0.735. The van der Waals surface area contributed by atoms with Crippen molar-refractivity contribution in [2.24, 2.45) is 5.92 Å². The van der Waals surface area contributed by atoms with Gasteiger partial charge in [0.05, 0.1) is 12.8 Å². The van der Waals surface area contributed by atoms with Gasteiger partial charge in [-0.1, -0.05) is 13.8 Å². The molecule has 0 amide bonds. The predicted octanol–water partition coefficient (Wildman–Crippen LogP) is 1.91. The second-order valence-electron chi connectivity index (χ2n) is 3.92. The van der Waals surface area contributed by atoms with E-state index >= 15 is 0 Å². The zero-order chi connectivity index (χ0) is 12.7. The van der Waals surface area contributed by atoms with Crippen LogP contribution in [0, 0.1) is 5.92 Å². The molecular formula is C13H20N2O2. The van der Waals surface area contributed by atoms with Crippen LogP contribution in [-0.4, -0.2) is 30.5 Å². The number of ketones is 1. The molecule has 0 bridgehead atoms. The lowest BCUT2D eigenvalue weighted by molar-refractivity contribution is 0.0928. The monoisotopic (exact) mass is 236 g/mol. The van der Waals surface area contributed by atoms with E-state index in [1.165, 1.54) is 0 Å². The smallest absolute Gasteiger partial charge is 0.168 e. The van der Waals surface area contributed by atoms with E-state index in [1.54, 1.807) is 18.5 Å². The summed E-state index contributed by atoms with van der Waals surface area (Å²) in [7, 11) is 0. The van der Waals surface area contributed by atoms with Crippen LogP contribution in [0.25, 0.3) is 0 Å². The second-order valence-corrected chi connectivity index (χ2v) is 3.92. The van der Waals surface area contributed by atoms with Crippen molar-refractivity contribution in [1.82, 2.24) is 10.3 Å². The van der Waals surface area contributed by atoms with Crippen molar-refractivity contribution in [3.05, 3.63) is 24.0 Å². The van der Waals surface area contributed by atoms with Gasteiger partial charge in [-0.3, -0.25) is 9.78 Å². The van der Waals surface area contributed by atoms with Crippen molar-refractivity contribution in [3.8, 4) is 5.75 Å². The first-order valence-electron chi connectivity index (χ1n) is 6.01. The molecule has 1 heterocycles. The number of nitrogens with one attached hydrogen (secondary N) is 1. The normalized spacial score (nSPS) is 12.2. The molecule has 0 aliphatic rings. The van der Waals surface area contributed by atoms with Crippen LogP contribution in [0.1, 0.15) is 31.1 Å². The van der Waals surface area contributed by atoms with Crippen LogP contribution in [0.2, 0.25) is 0 Å². The molecule has 0 radical (unpaired) electrons. The van der Waals surface area contributed by atoms with Crippen molar-refractivity contribution in [2.75, 3.05) is 19.7 Å². The van der Waals surface area contributed by atoms with Crippen LogP contribution in [0.5, 0.6) is 5.75 Å². The summed E-state index contributed by atoms with van der Waals surface area (Å²) in [4.78, 5) is 16.1. The number of pyridine rings is 1. The average molecular weight is 236 g/mol. The molecule has 1 N–H and O–H groups in total. The number of carbonyl (C=O) groups is 1. The molecule has 94 valence electrons. The fraction of sp³-hybridized carbons (Fsp3) is 0.538. The van der Waals surface area contributed by atoms with Crippen molar-refractivity contribution in [2.45, 2.75) is 20.8 Å². The van der Waals surface area contributed by atoms with Crippen LogP contribution in [0.4, 0.5) is 0 Å². The van der Waals surface area contributed by atoms with Gasteiger partial charge >= 0.3 is 0 Å². The number of rotatable bonds is 7. The fourth-order valence-corrected chi connectivity index (χ4v) is 1.54. The van der Waals surface area contributed by atoms with Gasteiger partial charge in [0.1, 0.15) is 5.75 Å². The van der Waals surface area contributed by atoms with E-state index in [9.17, 15) is 4.79 Å². The number of aromatic nitrogens is 1. The molecule has 0 aromatic carbocycles. The number of nitrogens with zero attached hydrogens (tertiary/aromatic N) is 1. The van der Waals surface area contributed by atoms with Crippen LogP contribution in [0.15, 0.2) is 18.5 Å². The second kappa shape index (κ2) is 7.01. The Hall–Kier alpha value is -1.42. The fourth-order valence-electron chi connectivity index (χ4n) is 1.54. The maximum atomic E-state index is 12.1. The van der Waals surface area contributed by atoms with Gasteiger partial charge in [0.15, 0.2) is 5.78 Å². The average Bonchev–Trinajstić information content (AvgIpc) is 2.35. The van der Waals surface area contributed by atoms with Crippen molar-refractivity contribution in [3.63, 3.8) is 0 Å². The summed E-state index contributed by atoms with van der Waals surface area (Å²) >= 11 is 0. The number of hydrogen-bond donors (Lipinski definition) is 1. The molecule has 0 aliphatic heterocycles. The molecule has 1 rings (SSSR count). The molecule has 17 heavy (non-hydrogen) atoms. The first-order chi connectivity index (χ1) is 8.19. The highest BCUT2D eigenvalue weighted by Crippen LogP contribution is 2.14. The Balaban J connectivity index is 2.70. The topological polar surface area (TPSA) is 51.2 Å². The van der Waals surface area contributed by atoms with Gasteiger partial charge in [0, 0.05) is 24.2 Å². The van der Waals surface area contributed by atoms with Gasteiger partial charge in [-0.05, 0) is 19.5 Å². The van der Waals surface area contributed by atoms with Crippen molar-refractivity contribution < 1.29 is 9.53 Å². The third-order valence-corrected chi connectivity index (χ3v) is 2.46. The third kappa shape index (κ3) is 4.15. The van der Waals surface area contributed by atoms with Crippen LogP contribution in [0.3, 0.4) is 0 Å². The van der Waals surface area contributed by atoms with E-state index in [1.807, 2.05) is 20.8 Å². The first-order valence-corrected chi connectivity index (χ1v) is 6.01. The molecule has 0 fully saturated rings. The van der Waals surface area contributed by atoms with E-state index in [0.29, 0.717) is 24.5 Å². The van der Waals surface area contributed by atoms with Crippen LogP contribution < -0.4 is 10.1 Å². The Morgan fingerprint density at radius 2 is 2.24 bits per heavy atom. The highest BCUT2D eigenvalue weighted by atomic mass is 16.5. The Morgan fingerprint density at radius 1 is 1.47 bits per heavy atom. The standard InChI is InChI=1S/C13H20N2O2/c1-4-14-7-10(3)13(16)11-6-12(17-5-2)9-15-8-11/h6,8-10,14H,4-5,7H2,1-3H3.